The van der Waals surface area contributed by atoms with Gasteiger partial charge >= 0.3 is 0 Å². The first-order valence-electron chi connectivity index (χ1n) is 22.4. The fourth-order valence-corrected chi connectivity index (χ4v) is 6.97. The minimum absolute atomic E-state index is 0.00801. The zero-order chi connectivity index (χ0) is 40.0. The number of carbonyl (C=O) groups excluding carboxylic acids is 1. The van der Waals surface area contributed by atoms with Crippen molar-refractivity contribution in [2.24, 2.45) is 0 Å². The van der Waals surface area contributed by atoms with Gasteiger partial charge in [0, 0.05) is 6.42 Å². The molecular formula is C45H87N2O6P. The molecule has 318 valence electrons. The molecule has 0 fully saturated rings. The molecule has 0 aliphatic carbocycles. The molecule has 0 heterocycles. The van der Waals surface area contributed by atoms with Gasteiger partial charge in [-0.25, -0.2) is 0 Å². The van der Waals surface area contributed by atoms with E-state index in [1.165, 1.54) is 122 Å². The Morgan fingerprint density at radius 2 is 1.04 bits per heavy atom. The van der Waals surface area contributed by atoms with Crippen molar-refractivity contribution in [3.63, 3.8) is 0 Å². The Morgan fingerprint density at radius 3 is 1.50 bits per heavy atom. The van der Waals surface area contributed by atoms with Crippen LogP contribution in [0.1, 0.15) is 194 Å². The summed E-state index contributed by atoms with van der Waals surface area (Å²) in [5, 5.41) is 13.7. The van der Waals surface area contributed by atoms with Crippen LogP contribution in [0.2, 0.25) is 0 Å². The van der Waals surface area contributed by atoms with E-state index >= 15 is 0 Å². The minimum atomic E-state index is -4.59. The number of aliphatic hydroxyl groups excluding tert-OH is 1. The van der Waals surface area contributed by atoms with Crippen LogP contribution in [-0.4, -0.2) is 68.5 Å². The molecule has 0 radical (unpaired) electrons. The molecule has 0 saturated heterocycles. The van der Waals surface area contributed by atoms with E-state index in [2.05, 4.69) is 43.5 Å². The van der Waals surface area contributed by atoms with E-state index in [0.29, 0.717) is 17.4 Å². The van der Waals surface area contributed by atoms with E-state index in [9.17, 15) is 19.4 Å². The molecule has 0 spiro atoms. The number of amides is 1. The number of aliphatic hydroxyl groups is 1. The van der Waals surface area contributed by atoms with Gasteiger partial charge in [0.2, 0.25) is 5.91 Å². The average molecular weight is 783 g/mol. The molecule has 0 rings (SSSR count). The van der Waals surface area contributed by atoms with E-state index in [-0.39, 0.29) is 12.5 Å². The summed E-state index contributed by atoms with van der Waals surface area (Å²) in [6.07, 6.45) is 44.8. The van der Waals surface area contributed by atoms with Gasteiger partial charge in [-0.2, -0.15) is 0 Å². The van der Waals surface area contributed by atoms with Crippen LogP contribution in [-0.2, 0) is 18.4 Å². The van der Waals surface area contributed by atoms with Gasteiger partial charge in [0.15, 0.2) is 0 Å². The first kappa shape index (κ1) is 52.7. The maximum atomic E-state index is 12.8. The minimum Gasteiger partial charge on any atom is -0.756 e. The molecule has 3 unspecified atom stereocenters. The summed E-state index contributed by atoms with van der Waals surface area (Å²) < 4.78 is 23.1. The highest BCUT2D eigenvalue weighted by atomic mass is 31.2. The Bertz CT molecular complexity index is 980. The average Bonchev–Trinajstić information content (AvgIpc) is 3.12. The van der Waals surface area contributed by atoms with Crippen molar-refractivity contribution in [3.8, 4) is 0 Å². The lowest BCUT2D eigenvalue weighted by Gasteiger charge is -2.29. The smallest absolute Gasteiger partial charge is 0.268 e. The van der Waals surface area contributed by atoms with Crippen LogP contribution in [0.3, 0.4) is 0 Å². The molecule has 3 atom stereocenters. The summed E-state index contributed by atoms with van der Waals surface area (Å²) in [5.74, 6) is -0.211. The van der Waals surface area contributed by atoms with E-state index < -0.39 is 26.6 Å². The van der Waals surface area contributed by atoms with Crippen molar-refractivity contribution in [3.05, 3.63) is 36.5 Å². The van der Waals surface area contributed by atoms with Gasteiger partial charge in [-0.1, -0.05) is 179 Å². The quantitative estimate of drug-likeness (QED) is 0.0277. The van der Waals surface area contributed by atoms with Crippen LogP contribution >= 0.6 is 7.82 Å². The maximum absolute atomic E-state index is 12.8. The van der Waals surface area contributed by atoms with Crippen molar-refractivity contribution >= 4 is 13.7 Å². The lowest BCUT2D eigenvalue weighted by atomic mass is 10.0. The second kappa shape index (κ2) is 37.3. The second-order valence-electron chi connectivity index (χ2n) is 16.4. The molecule has 0 aromatic heterocycles. The van der Waals surface area contributed by atoms with Crippen LogP contribution < -0.4 is 10.2 Å². The second-order valence-corrected chi connectivity index (χ2v) is 17.8. The Kier molecular flexibility index (Phi) is 36.4. The number of hydrogen-bond acceptors (Lipinski definition) is 6. The zero-order valence-electron chi connectivity index (χ0n) is 35.9. The lowest BCUT2D eigenvalue weighted by molar-refractivity contribution is -0.870. The number of likely N-dealkylation sites (N-methyl/N-ethyl adjacent to an activating group) is 1. The first-order chi connectivity index (χ1) is 26.0. The van der Waals surface area contributed by atoms with Gasteiger partial charge < -0.3 is 28.8 Å². The van der Waals surface area contributed by atoms with E-state index in [4.69, 9.17) is 9.05 Å². The Morgan fingerprint density at radius 1 is 0.630 bits per heavy atom. The van der Waals surface area contributed by atoms with Gasteiger partial charge in [-0.05, 0) is 44.9 Å². The molecule has 0 aromatic carbocycles. The number of nitrogens with zero attached hydrogens (tertiary/aromatic N) is 1. The van der Waals surface area contributed by atoms with Crippen molar-refractivity contribution < 1.29 is 32.9 Å². The molecule has 0 aromatic rings. The molecule has 2 N–H and O–H groups in total. The van der Waals surface area contributed by atoms with Crippen molar-refractivity contribution in [2.45, 2.75) is 206 Å². The summed E-state index contributed by atoms with van der Waals surface area (Å²) in [6, 6.07) is -0.905. The number of carbonyl (C=O) groups is 1. The Balaban J connectivity index is 4.40. The lowest BCUT2D eigenvalue weighted by Crippen LogP contribution is -2.45. The van der Waals surface area contributed by atoms with Crippen LogP contribution in [0.25, 0.3) is 0 Å². The number of allylic oxidation sites excluding steroid dienone is 5. The van der Waals surface area contributed by atoms with Crippen molar-refractivity contribution in [1.82, 2.24) is 5.32 Å². The first-order valence-corrected chi connectivity index (χ1v) is 23.8. The third kappa shape index (κ3) is 39.0. The highest BCUT2D eigenvalue weighted by Gasteiger charge is 2.23. The predicted molar refractivity (Wildman–Crippen MR) is 228 cm³/mol. The fourth-order valence-electron chi connectivity index (χ4n) is 6.24. The van der Waals surface area contributed by atoms with Crippen LogP contribution in [0, 0.1) is 0 Å². The molecule has 1 amide bonds. The summed E-state index contributed by atoms with van der Waals surface area (Å²) in [7, 11) is 1.24. The topological polar surface area (TPSA) is 108 Å². The van der Waals surface area contributed by atoms with Crippen molar-refractivity contribution in [1.29, 1.82) is 0 Å². The number of rotatable bonds is 40. The molecular weight excluding hydrogens is 695 g/mol. The fraction of sp³-hybridized carbons (Fsp3) is 0.844. The summed E-state index contributed by atoms with van der Waals surface area (Å²) in [4.78, 5) is 25.3. The summed E-state index contributed by atoms with van der Waals surface area (Å²) in [6.45, 7) is 4.58. The highest BCUT2D eigenvalue weighted by Crippen LogP contribution is 2.38. The summed E-state index contributed by atoms with van der Waals surface area (Å²) >= 11 is 0. The monoisotopic (exact) mass is 783 g/mol. The zero-order valence-corrected chi connectivity index (χ0v) is 36.8. The van der Waals surface area contributed by atoms with Crippen LogP contribution in [0.5, 0.6) is 0 Å². The highest BCUT2D eigenvalue weighted by molar-refractivity contribution is 7.45. The van der Waals surface area contributed by atoms with E-state index in [0.717, 1.165) is 51.4 Å². The molecule has 0 saturated carbocycles. The third-order valence-electron chi connectivity index (χ3n) is 9.83. The number of hydrogen-bond donors (Lipinski definition) is 2. The molecule has 0 aliphatic rings. The number of unbranched alkanes of at least 4 members (excludes halogenated alkanes) is 23. The van der Waals surface area contributed by atoms with Gasteiger partial charge in [-0.15, -0.1) is 0 Å². The third-order valence-corrected chi connectivity index (χ3v) is 10.8. The number of quaternary nitrogens is 1. The largest absolute Gasteiger partial charge is 0.756 e. The van der Waals surface area contributed by atoms with Gasteiger partial charge in [0.25, 0.3) is 7.82 Å². The summed E-state index contributed by atoms with van der Waals surface area (Å²) in [5.41, 5.74) is 0. The van der Waals surface area contributed by atoms with E-state index in [1.807, 2.05) is 27.2 Å². The van der Waals surface area contributed by atoms with Crippen molar-refractivity contribution in [2.75, 3.05) is 40.9 Å². The molecule has 0 aliphatic heterocycles. The Labute approximate surface area is 334 Å². The van der Waals surface area contributed by atoms with Gasteiger partial charge in [0.1, 0.15) is 13.2 Å². The number of phosphoric acid groups is 1. The molecule has 54 heavy (non-hydrogen) atoms. The molecule has 8 nitrogen and oxygen atoms in total. The Hall–Kier alpha value is -1.28. The van der Waals surface area contributed by atoms with Crippen LogP contribution in [0.4, 0.5) is 0 Å². The SMILES string of the molecule is CCCCC/C=C/CC/C=C/CC/C=C/C(O)C(COP(=O)([O-])OCC[N+](C)(C)C)NC(=O)CCCCCCCCCCCCCCCCCCCCC. The van der Waals surface area contributed by atoms with Crippen LogP contribution in [0.15, 0.2) is 36.5 Å². The van der Waals surface area contributed by atoms with Gasteiger partial charge in [-0.3, -0.25) is 9.36 Å². The van der Waals surface area contributed by atoms with Gasteiger partial charge in [0.05, 0.1) is 39.9 Å². The predicted octanol–water partition coefficient (Wildman–Crippen LogP) is 11.7. The normalized spacial score (nSPS) is 14.7. The standard InChI is InChI=1S/C45H87N2O6P/c1-6-8-10-12-14-16-18-20-21-22-23-24-25-27-29-31-33-35-37-39-45(49)46-43(42-53-54(50,51)52-41-40-47(3,4)5)44(48)38-36-34-32-30-28-26-19-17-15-13-11-9-7-2/h15,17,28,30,36,38,43-44,48H,6-14,16,18-27,29,31-35,37,39-42H2,1-5H3,(H-,46,49,50,51)/b17-15+,30-28+,38-36+. The molecule has 0 bridgehead atoms. The maximum Gasteiger partial charge on any atom is 0.268 e. The number of phosphoric ester groups is 1. The number of nitrogens with one attached hydrogen (secondary N) is 1. The van der Waals surface area contributed by atoms with E-state index in [1.54, 1.807) is 6.08 Å². The molecule has 9 heteroatoms.